The van der Waals surface area contributed by atoms with E-state index in [1.165, 1.54) is 12.3 Å². The molecule has 2 N–H and O–H groups in total. The Labute approximate surface area is 182 Å². The first-order valence-corrected chi connectivity index (χ1v) is 9.69. The predicted octanol–water partition coefficient (Wildman–Crippen LogP) is 5.01. The first-order valence-electron chi connectivity index (χ1n) is 9.69. The summed E-state index contributed by atoms with van der Waals surface area (Å²) in [4.78, 5) is 18.9. The largest absolute Gasteiger partial charge is 0.436 e. The first-order chi connectivity index (χ1) is 13.9. The summed E-state index contributed by atoms with van der Waals surface area (Å²) in [5.74, 6) is 0.425. The number of halogens is 2. The Hall–Kier alpha value is -2.70. The van der Waals surface area contributed by atoms with Gasteiger partial charge in [0.05, 0.1) is 17.3 Å². The van der Waals surface area contributed by atoms with Gasteiger partial charge in [0.25, 0.3) is 5.91 Å². The number of oxazole rings is 1. The number of hydrogen-bond acceptors (Lipinski definition) is 4. The zero-order chi connectivity index (χ0) is 21.0. The molecule has 0 fully saturated rings. The molecule has 1 aromatic heterocycles. The second-order valence-corrected chi connectivity index (χ2v) is 7.48. The summed E-state index contributed by atoms with van der Waals surface area (Å²) in [5, 5.41) is 0. The van der Waals surface area contributed by atoms with E-state index >= 15 is 0 Å². The number of nitrogens with zero attached hydrogens (tertiary/aromatic N) is 2. The van der Waals surface area contributed by atoms with Crippen molar-refractivity contribution in [2.45, 2.75) is 26.3 Å². The zero-order valence-electron chi connectivity index (χ0n) is 17.3. The van der Waals surface area contributed by atoms with Gasteiger partial charge in [-0.05, 0) is 36.6 Å². The zero-order valence-corrected chi connectivity index (χ0v) is 18.2. The van der Waals surface area contributed by atoms with Crippen LogP contribution in [-0.4, -0.2) is 35.4 Å². The van der Waals surface area contributed by atoms with Crippen molar-refractivity contribution < 1.29 is 13.6 Å². The van der Waals surface area contributed by atoms with Crippen LogP contribution in [0.1, 0.15) is 30.6 Å². The van der Waals surface area contributed by atoms with E-state index in [0.29, 0.717) is 34.9 Å². The van der Waals surface area contributed by atoms with Crippen molar-refractivity contribution in [1.29, 1.82) is 0 Å². The normalized spacial score (nSPS) is 11.8. The minimum absolute atomic E-state index is 0. The molecule has 0 aliphatic carbocycles. The minimum atomic E-state index is -0.388. The van der Waals surface area contributed by atoms with Crippen LogP contribution < -0.4 is 5.73 Å². The Kier molecular flexibility index (Phi) is 8.15. The highest BCUT2D eigenvalue weighted by Crippen LogP contribution is 2.30. The van der Waals surface area contributed by atoms with Crippen molar-refractivity contribution in [2.24, 2.45) is 11.7 Å². The molecule has 7 heteroatoms. The number of nitrogens with two attached hydrogens (primary N) is 1. The maximum atomic E-state index is 14.0. The topological polar surface area (TPSA) is 72.4 Å². The third-order valence-electron chi connectivity index (χ3n) is 5.03. The molecule has 160 valence electrons. The van der Waals surface area contributed by atoms with Crippen molar-refractivity contribution in [2.75, 3.05) is 13.6 Å². The Morgan fingerprint density at radius 1 is 1.13 bits per heavy atom. The molecule has 3 rings (SSSR count). The van der Waals surface area contributed by atoms with Crippen LogP contribution in [0.4, 0.5) is 4.39 Å². The Balaban J connectivity index is 0.00000320. The lowest BCUT2D eigenvalue weighted by Crippen LogP contribution is -2.34. The van der Waals surface area contributed by atoms with Crippen molar-refractivity contribution >= 4 is 18.3 Å². The predicted molar refractivity (Wildman–Crippen MR) is 119 cm³/mol. The summed E-state index contributed by atoms with van der Waals surface area (Å²) in [5.41, 5.74) is 7.48. The van der Waals surface area contributed by atoms with Crippen LogP contribution in [0, 0.1) is 11.7 Å². The smallest absolute Gasteiger partial charge is 0.254 e. The van der Waals surface area contributed by atoms with Crippen molar-refractivity contribution in [3.8, 4) is 22.8 Å². The summed E-state index contributed by atoms with van der Waals surface area (Å²) >= 11 is 0. The van der Waals surface area contributed by atoms with Gasteiger partial charge in [-0.1, -0.05) is 38.1 Å². The van der Waals surface area contributed by atoms with Gasteiger partial charge in [-0.3, -0.25) is 4.79 Å². The second kappa shape index (κ2) is 10.4. The van der Waals surface area contributed by atoms with Crippen molar-refractivity contribution in [1.82, 2.24) is 9.88 Å². The SMILES string of the molecule is CC(C)C(N)CCN(C)C(=O)c1ccccc1-c1ncc(-c2ccccc2F)o1.Cl. The van der Waals surface area contributed by atoms with Crippen LogP contribution in [0.2, 0.25) is 0 Å². The molecule has 0 saturated heterocycles. The fourth-order valence-corrected chi connectivity index (χ4v) is 3.02. The lowest BCUT2D eigenvalue weighted by atomic mass is 10.0. The van der Waals surface area contributed by atoms with Gasteiger partial charge in [0, 0.05) is 25.2 Å². The highest BCUT2D eigenvalue weighted by Gasteiger charge is 2.21. The molecule has 0 aliphatic rings. The second-order valence-electron chi connectivity index (χ2n) is 7.48. The molecule has 2 aromatic carbocycles. The van der Waals surface area contributed by atoms with E-state index in [-0.39, 0.29) is 36.1 Å². The first kappa shape index (κ1) is 23.6. The summed E-state index contributed by atoms with van der Waals surface area (Å²) in [6, 6.07) is 13.5. The molecule has 1 unspecified atom stereocenters. The lowest BCUT2D eigenvalue weighted by Gasteiger charge is -2.22. The Morgan fingerprint density at radius 2 is 1.77 bits per heavy atom. The highest BCUT2D eigenvalue weighted by atomic mass is 35.5. The van der Waals surface area contributed by atoms with Gasteiger partial charge in [-0.15, -0.1) is 12.4 Å². The number of carbonyl (C=O) groups is 1. The van der Waals surface area contributed by atoms with E-state index in [0.717, 1.165) is 6.42 Å². The van der Waals surface area contributed by atoms with E-state index in [1.54, 1.807) is 48.3 Å². The number of amides is 1. The molecule has 30 heavy (non-hydrogen) atoms. The van der Waals surface area contributed by atoms with Crippen LogP contribution in [0.15, 0.2) is 59.1 Å². The molecule has 1 atom stereocenters. The standard InChI is InChI=1S/C23H26FN3O2.ClH/c1-15(2)20(25)12-13-27(3)23(28)17-9-5-4-8-16(17)22-26-14-21(29-22)18-10-6-7-11-19(18)24;/h4-11,14-15,20H,12-13,25H2,1-3H3;1H. The van der Waals surface area contributed by atoms with Gasteiger partial charge in [0.1, 0.15) is 5.82 Å². The molecular formula is C23H27ClFN3O2. The van der Waals surface area contributed by atoms with Gasteiger partial charge in [-0.2, -0.15) is 0 Å². The minimum Gasteiger partial charge on any atom is -0.436 e. The number of carbonyl (C=O) groups excluding carboxylic acids is 1. The number of aromatic nitrogens is 1. The Morgan fingerprint density at radius 3 is 2.43 bits per heavy atom. The number of benzene rings is 2. The fraction of sp³-hybridized carbons (Fsp3) is 0.304. The molecule has 0 aliphatic heterocycles. The van der Waals surface area contributed by atoms with E-state index in [2.05, 4.69) is 18.8 Å². The quantitative estimate of drug-likeness (QED) is 0.570. The van der Waals surface area contributed by atoms with Crippen LogP contribution in [0.5, 0.6) is 0 Å². The molecule has 5 nitrogen and oxygen atoms in total. The fourth-order valence-electron chi connectivity index (χ4n) is 3.02. The van der Waals surface area contributed by atoms with E-state index in [1.807, 2.05) is 6.07 Å². The van der Waals surface area contributed by atoms with Crippen LogP contribution in [0.3, 0.4) is 0 Å². The number of hydrogen-bond donors (Lipinski definition) is 1. The highest BCUT2D eigenvalue weighted by molar-refractivity contribution is 5.99. The molecule has 0 bridgehead atoms. The molecule has 1 heterocycles. The third-order valence-corrected chi connectivity index (χ3v) is 5.03. The molecular weight excluding hydrogens is 405 g/mol. The van der Waals surface area contributed by atoms with E-state index < -0.39 is 0 Å². The lowest BCUT2D eigenvalue weighted by molar-refractivity contribution is 0.0789. The summed E-state index contributed by atoms with van der Waals surface area (Å²) in [6.45, 7) is 4.69. The Bertz CT molecular complexity index is 990. The van der Waals surface area contributed by atoms with Crippen LogP contribution in [0.25, 0.3) is 22.8 Å². The monoisotopic (exact) mass is 431 g/mol. The van der Waals surface area contributed by atoms with Gasteiger partial charge in [-0.25, -0.2) is 9.37 Å². The molecule has 0 radical (unpaired) electrons. The van der Waals surface area contributed by atoms with Crippen LogP contribution in [-0.2, 0) is 0 Å². The van der Waals surface area contributed by atoms with Gasteiger partial charge in [0.2, 0.25) is 5.89 Å². The molecule has 0 spiro atoms. The van der Waals surface area contributed by atoms with Crippen LogP contribution >= 0.6 is 12.4 Å². The maximum absolute atomic E-state index is 14.0. The summed E-state index contributed by atoms with van der Waals surface area (Å²) in [6.07, 6.45) is 2.19. The van der Waals surface area contributed by atoms with Gasteiger partial charge in [0.15, 0.2) is 5.76 Å². The van der Waals surface area contributed by atoms with Crippen molar-refractivity contribution in [3.05, 3.63) is 66.1 Å². The number of rotatable bonds is 7. The third kappa shape index (κ3) is 5.26. The average molecular weight is 432 g/mol. The van der Waals surface area contributed by atoms with E-state index in [9.17, 15) is 9.18 Å². The summed E-state index contributed by atoms with van der Waals surface area (Å²) in [7, 11) is 1.76. The van der Waals surface area contributed by atoms with Gasteiger partial charge < -0.3 is 15.1 Å². The summed E-state index contributed by atoms with van der Waals surface area (Å²) < 4.78 is 19.8. The molecule has 3 aromatic rings. The molecule has 1 amide bonds. The average Bonchev–Trinajstić information content (AvgIpc) is 3.21. The van der Waals surface area contributed by atoms with Gasteiger partial charge >= 0.3 is 0 Å². The van der Waals surface area contributed by atoms with E-state index in [4.69, 9.17) is 10.2 Å². The van der Waals surface area contributed by atoms with Crippen molar-refractivity contribution in [3.63, 3.8) is 0 Å². The maximum Gasteiger partial charge on any atom is 0.254 e. The molecule has 0 saturated carbocycles.